The zero-order chi connectivity index (χ0) is 24.5. The number of hydrogen-bond acceptors (Lipinski definition) is 6. The van der Waals surface area contributed by atoms with Gasteiger partial charge >= 0.3 is 0 Å². The fourth-order valence-electron chi connectivity index (χ4n) is 4.25. The van der Waals surface area contributed by atoms with E-state index in [9.17, 15) is 15.0 Å². The topological polar surface area (TPSA) is 91.3 Å². The van der Waals surface area contributed by atoms with E-state index in [2.05, 4.69) is 24.1 Å². The van der Waals surface area contributed by atoms with E-state index in [0.29, 0.717) is 31.2 Å². The van der Waals surface area contributed by atoms with Gasteiger partial charge in [0.05, 0.1) is 32.3 Å². The molecule has 0 unspecified atom stereocenters. The largest absolute Gasteiger partial charge is 0.497 e. The van der Waals surface area contributed by atoms with Gasteiger partial charge in [0.25, 0.3) is 0 Å². The van der Waals surface area contributed by atoms with E-state index in [-0.39, 0.29) is 25.0 Å². The molecule has 1 fully saturated rings. The summed E-state index contributed by atoms with van der Waals surface area (Å²) in [6.45, 7) is 6.35. The molecule has 186 valence electrons. The summed E-state index contributed by atoms with van der Waals surface area (Å²) in [4.78, 5) is 14.8. The van der Waals surface area contributed by atoms with Gasteiger partial charge in [-0.3, -0.25) is 9.69 Å². The molecule has 0 saturated carbocycles. The van der Waals surface area contributed by atoms with Crippen molar-refractivity contribution in [3.63, 3.8) is 0 Å². The first-order chi connectivity index (χ1) is 16.3. The van der Waals surface area contributed by atoms with Crippen molar-refractivity contribution >= 4 is 5.91 Å². The number of methoxy groups -OCH3 is 1. The summed E-state index contributed by atoms with van der Waals surface area (Å²) in [5.41, 5.74) is 2.00. The van der Waals surface area contributed by atoms with Crippen LogP contribution in [0.25, 0.3) is 0 Å². The number of nitrogens with one attached hydrogen (secondary N) is 1. The normalized spacial score (nSPS) is 18.0. The third kappa shape index (κ3) is 8.01. The summed E-state index contributed by atoms with van der Waals surface area (Å²) >= 11 is 0. The van der Waals surface area contributed by atoms with Crippen molar-refractivity contribution in [1.29, 1.82) is 0 Å². The van der Waals surface area contributed by atoms with Crippen molar-refractivity contribution in [2.45, 2.75) is 51.4 Å². The summed E-state index contributed by atoms with van der Waals surface area (Å²) in [5.74, 6) is 1.78. The maximum Gasteiger partial charge on any atom is 0.223 e. The van der Waals surface area contributed by atoms with E-state index in [0.717, 1.165) is 24.3 Å². The molecule has 2 aromatic carbocycles. The molecule has 1 saturated heterocycles. The summed E-state index contributed by atoms with van der Waals surface area (Å²) in [5, 5.41) is 24.0. The first-order valence-corrected chi connectivity index (χ1v) is 12.1. The molecule has 1 amide bonds. The van der Waals surface area contributed by atoms with Crippen molar-refractivity contribution in [2.24, 2.45) is 5.92 Å². The quantitative estimate of drug-likeness (QED) is 0.442. The number of carbonyl (C=O) groups is 1. The van der Waals surface area contributed by atoms with Crippen LogP contribution in [0.15, 0.2) is 48.5 Å². The van der Waals surface area contributed by atoms with E-state index < -0.39 is 12.1 Å². The average molecular weight is 471 g/mol. The van der Waals surface area contributed by atoms with Crippen LogP contribution in [-0.2, 0) is 11.2 Å². The number of carbonyl (C=O) groups excluding carboxylic acids is 1. The molecule has 0 spiro atoms. The van der Waals surface area contributed by atoms with E-state index in [1.807, 2.05) is 24.3 Å². The lowest BCUT2D eigenvalue weighted by atomic mass is 9.97. The number of likely N-dealkylation sites (tertiary alicyclic amines) is 1. The van der Waals surface area contributed by atoms with Crippen LogP contribution in [-0.4, -0.2) is 66.5 Å². The fourth-order valence-corrected chi connectivity index (χ4v) is 4.25. The second-order valence-corrected chi connectivity index (χ2v) is 9.43. The minimum absolute atomic E-state index is 0.172. The van der Waals surface area contributed by atoms with Crippen LogP contribution in [0.3, 0.4) is 0 Å². The lowest BCUT2D eigenvalue weighted by Crippen LogP contribution is -2.47. The summed E-state index contributed by atoms with van der Waals surface area (Å²) < 4.78 is 10.8. The van der Waals surface area contributed by atoms with Crippen LogP contribution < -0.4 is 14.8 Å². The molecule has 0 radical (unpaired) electrons. The van der Waals surface area contributed by atoms with Crippen molar-refractivity contribution in [2.75, 3.05) is 33.4 Å². The van der Waals surface area contributed by atoms with Gasteiger partial charge in [-0.2, -0.15) is 0 Å². The standard InChI is InChI=1S/C27H38N2O5/c1-19(2)16-20-4-6-21(7-5-20)27(32)25(18-29-14-12-22(30)17-29)28-26(31)13-15-34-24-10-8-23(33-3)9-11-24/h4-11,19,22,25,27,30,32H,12-18H2,1-3H3,(H,28,31)/t22-,25+,27+/m0/s1. The number of ether oxygens (including phenoxy) is 2. The third-order valence-corrected chi connectivity index (χ3v) is 6.05. The maximum atomic E-state index is 12.7. The average Bonchev–Trinajstić information content (AvgIpc) is 3.23. The molecule has 7 nitrogen and oxygen atoms in total. The molecular weight excluding hydrogens is 432 g/mol. The Morgan fingerprint density at radius 2 is 1.79 bits per heavy atom. The Hall–Kier alpha value is -2.61. The summed E-state index contributed by atoms with van der Waals surface area (Å²) in [7, 11) is 1.61. The molecule has 1 heterocycles. The van der Waals surface area contributed by atoms with Crippen molar-refractivity contribution in [3.8, 4) is 11.5 Å². The Morgan fingerprint density at radius 1 is 1.12 bits per heavy atom. The van der Waals surface area contributed by atoms with E-state index >= 15 is 0 Å². The van der Waals surface area contributed by atoms with Gasteiger partial charge in [0, 0.05) is 19.6 Å². The molecule has 34 heavy (non-hydrogen) atoms. The Morgan fingerprint density at radius 3 is 2.38 bits per heavy atom. The van der Waals surface area contributed by atoms with Gasteiger partial charge in [0.1, 0.15) is 17.6 Å². The van der Waals surface area contributed by atoms with Gasteiger partial charge in [-0.1, -0.05) is 38.1 Å². The number of benzene rings is 2. The monoisotopic (exact) mass is 470 g/mol. The second kappa shape index (κ2) is 12.7. The Bertz CT molecular complexity index is 885. The van der Waals surface area contributed by atoms with E-state index in [1.54, 1.807) is 31.4 Å². The minimum Gasteiger partial charge on any atom is -0.497 e. The number of aliphatic hydroxyl groups excluding tert-OH is 2. The lowest BCUT2D eigenvalue weighted by Gasteiger charge is -2.29. The molecule has 3 N–H and O–H groups in total. The van der Waals surface area contributed by atoms with Crippen LogP contribution in [0.1, 0.15) is 43.9 Å². The molecule has 0 aliphatic carbocycles. The maximum absolute atomic E-state index is 12.7. The number of hydrogen-bond donors (Lipinski definition) is 3. The highest BCUT2D eigenvalue weighted by atomic mass is 16.5. The number of nitrogens with zero attached hydrogens (tertiary/aromatic N) is 1. The van der Waals surface area contributed by atoms with Gasteiger partial charge in [-0.25, -0.2) is 0 Å². The number of amides is 1. The minimum atomic E-state index is -0.850. The van der Waals surface area contributed by atoms with Crippen LogP contribution in [0.4, 0.5) is 0 Å². The summed E-state index contributed by atoms with van der Waals surface area (Å²) in [6, 6.07) is 14.7. The molecular formula is C27H38N2O5. The summed E-state index contributed by atoms with van der Waals surface area (Å²) in [6.07, 6.45) is 0.650. The molecule has 7 heteroatoms. The predicted octanol–water partition coefficient (Wildman–Crippen LogP) is 2.95. The van der Waals surface area contributed by atoms with E-state index in [4.69, 9.17) is 9.47 Å². The van der Waals surface area contributed by atoms with Gasteiger partial charge in [-0.05, 0) is 54.2 Å². The van der Waals surface area contributed by atoms with Gasteiger partial charge in [0.15, 0.2) is 0 Å². The second-order valence-electron chi connectivity index (χ2n) is 9.43. The SMILES string of the molecule is COc1ccc(OCCC(=O)N[C@H](CN2CC[C@H](O)C2)[C@H](O)c2ccc(CC(C)C)cc2)cc1. The van der Waals surface area contributed by atoms with Gasteiger partial charge < -0.3 is 25.0 Å². The fraction of sp³-hybridized carbons (Fsp3) is 0.519. The van der Waals surface area contributed by atoms with Crippen LogP contribution in [0.2, 0.25) is 0 Å². The zero-order valence-corrected chi connectivity index (χ0v) is 20.4. The highest BCUT2D eigenvalue weighted by Crippen LogP contribution is 2.22. The smallest absolute Gasteiger partial charge is 0.223 e. The molecule has 0 aromatic heterocycles. The van der Waals surface area contributed by atoms with Crippen molar-refractivity contribution in [1.82, 2.24) is 10.2 Å². The van der Waals surface area contributed by atoms with Crippen molar-refractivity contribution < 1.29 is 24.5 Å². The first-order valence-electron chi connectivity index (χ1n) is 12.1. The number of aliphatic hydroxyl groups is 2. The van der Waals surface area contributed by atoms with Crippen LogP contribution in [0.5, 0.6) is 11.5 Å². The molecule has 3 rings (SSSR count). The number of β-amino-alcohol motifs (C(OH)–C–C–N with tert-alkyl or cyclic N) is 1. The Labute approximate surface area is 202 Å². The van der Waals surface area contributed by atoms with E-state index in [1.165, 1.54) is 5.56 Å². The first kappa shape index (κ1) is 26.0. The highest BCUT2D eigenvalue weighted by Gasteiger charge is 2.29. The van der Waals surface area contributed by atoms with Gasteiger partial charge in [-0.15, -0.1) is 0 Å². The Kier molecular flexibility index (Phi) is 9.74. The Balaban J connectivity index is 1.59. The lowest BCUT2D eigenvalue weighted by molar-refractivity contribution is -0.123. The molecule has 2 aromatic rings. The van der Waals surface area contributed by atoms with Crippen molar-refractivity contribution in [3.05, 3.63) is 59.7 Å². The third-order valence-electron chi connectivity index (χ3n) is 6.05. The molecule has 1 aliphatic rings. The van der Waals surface area contributed by atoms with Crippen LogP contribution >= 0.6 is 0 Å². The predicted molar refractivity (Wildman–Crippen MR) is 132 cm³/mol. The van der Waals surface area contributed by atoms with Gasteiger partial charge in [0.2, 0.25) is 5.91 Å². The number of rotatable bonds is 12. The highest BCUT2D eigenvalue weighted by molar-refractivity contribution is 5.76. The zero-order valence-electron chi connectivity index (χ0n) is 20.4. The molecule has 0 bridgehead atoms. The van der Waals surface area contributed by atoms with Crippen LogP contribution in [0, 0.1) is 5.92 Å². The molecule has 3 atom stereocenters. The molecule has 1 aliphatic heterocycles.